The third kappa shape index (κ3) is 3.28. The number of anilines is 1. The van der Waals surface area contributed by atoms with Crippen LogP contribution in [0.15, 0.2) is 36.5 Å². The van der Waals surface area contributed by atoms with Crippen molar-refractivity contribution in [1.82, 2.24) is 4.98 Å². The fourth-order valence-corrected chi connectivity index (χ4v) is 1.74. The summed E-state index contributed by atoms with van der Waals surface area (Å²) in [6, 6.07) is 9.02. The van der Waals surface area contributed by atoms with E-state index >= 15 is 0 Å². The van der Waals surface area contributed by atoms with Gasteiger partial charge in [0.15, 0.2) is 0 Å². The van der Waals surface area contributed by atoms with Crippen LogP contribution in [-0.2, 0) is 6.54 Å². The largest absolute Gasteiger partial charge is 0.375 e. The lowest BCUT2D eigenvalue weighted by atomic mass is 10.2. The van der Waals surface area contributed by atoms with Crippen LogP contribution >= 0.6 is 0 Å². The molecule has 0 radical (unpaired) electrons. The van der Waals surface area contributed by atoms with E-state index in [-0.39, 0.29) is 10.6 Å². The minimum absolute atomic E-state index is 0.0973. The first-order chi connectivity index (χ1) is 9.06. The Hall–Kier alpha value is -2.43. The van der Waals surface area contributed by atoms with Crippen LogP contribution in [-0.4, -0.2) is 9.91 Å². The first-order valence-corrected chi connectivity index (χ1v) is 5.97. The van der Waals surface area contributed by atoms with E-state index in [1.54, 1.807) is 18.3 Å². The number of benzene rings is 1. The number of nitro groups is 1. The van der Waals surface area contributed by atoms with Crippen molar-refractivity contribution in [1.29, 1.82) is 0 Å². The summed E-state index contributed by atoms with van der Waals surface area (Å²) in [5.74, 6) is 0. The summed E-state index contributed by atoms with van der Waals surface area (Å²) >= 11 is 0. The zero-order chi connectivity index (χ0) is 13.8. The van der Waals surface area contributed by atoms with E-state index in [0.717, 1.165) is 16.8 Å². The quantitative estimate of drug-likeness (QED) is 0.674. The lowest BCUT2D eigenvalue weighted by Crippen LogP contribution is -2.03. The third-order valence-electron chi connectivity index (χ3n) is 2.81. The number of nitrogens with zero attached hydrogens (tertiary/aromatic N) is 2. The Morgan fingerprint density at radius 3 is 2.68 bits per heavy atom. The molecule has 0 saturated heterocycles. The SMILES string of the molecule is Cc1ccc(NCc2ccc(C)nc2)c([N+](=O)[O-])c1. The summed E-state index contributed by atoms with van der Waals surface area (Å²) in [5, 5.41) is 14.1. The van der Waals surface area contributed by atoms with Gasteiger partial charge in [0, 0.05) is 24.5 Å². The molecule has 5 heteroatoms. The van der Waals surface area contributed by atoms with Crippen molar-refractivity contribution >= 4 is 11.4 Å². The molecule has 0 atom stereocenters. The summed E-state index contributed by atoms with van der Waals surface area (Å²) in [7, 11) is 0. The number of hydrogen-bond acceptors (Lipinski definition) is 4. The van der Waals surface area contributed by atoms with E-state index in [1.165, 1.54) is 0 Å². The molecule has 0 unspecified atom stereocenters. The number of pyridine rings is 1. The van der Waals surface area contributed by atoms with E-state index in [2.05, 4.69) is 10.3 Å². The molecule has 1 heterocycles. The van der Waals surface area contributed by atoms with E-state index in [9.17, 15) is 10.1 Å². The highest BCUT2D eigenvalue weighted by molar-refractivity contribution is 5.62. The molecule has 0 fully saturated rings. The van der Waals surface area contributed by atoms with Crippen LogP contribution in [0.1, 0.15) is 16.8 Å². The van der Waals surface area contributed by atoms with Crippen molar-refractivity contribution in [2.45, 2.75) is 20.4 Å². The lowest BCUT2D eigenvalue weighted by Gasteiger charge is -2.07. The average molecular weight is 257 g/mol. The van der Waals surface area contributed by atoms with E-state index in [0.29, 0.717) is 12.2 Å². The number of aromatic nitrogens is 1. The van der Waals surface area contributed by atoms with E-state index in [4.69, 9.17) is 0 Å². The van der Waals surface area contributed by atoms with Crippen molar-refractivity contribution in [3.63, 3.8) is 0 Å². The maximum absolute atomic E-state index is 11.0. The smallest absolute Gasteiger partial charge is 0.292 e. The van der Waals surface area contributed by atoms with Gasteiger partial charge in [-0.2, -0.15) is 0 Å². The van der Waals surface area contributed by atoms with Gasteiger partial charge in [-0.05, 0) is 37.1 Å². The van der Waals surface area contributed by atoms with E-state index in [1.807, 2.05) is 32.0 Å². The fourth-order valence-electron chi connectivity index (χ4n) is 1.74. The van der Waals surface area contributed by atoms with Crippen molar-refractivity contribution < 1.29 is 4.92 Å². The summed E-state index contributed by atoms with van der Waals surface area (Å²) in [4.78, 5) is 14.8. The first kappa shape index (κ1) is 13.0. The summed E-state index contributed by atoms with van der Waals surface area (Å²) in [6.45, 7) is 4.26. The maximum Gasteiger partial charge on any atom is 0.292 e. The van der Waals surface area contributed by atoms with Crippen LogP contribution in [0.2, 0.25) is 0 Å². The van der Waals surface area contributed by atoms with Crippen LogP contribution in [0.4, 0.5) is 11.4 Å². The van der Waals surface area contributed by atoms with Crippen molar-refractivity contribution in [2.24, 2.45) is 0 Å². The first-order valence-electron chi connectivity index (χ1n) is 5.97. The molecule has 0 bridgehead atoms. The van der Waals surface area contributed by atoms with Gasteiger partial charge in [-0.15, -0.1) is 0 Å². The van der Waals surface area contributed by atoms with Gasteiger partial charge >= 0.3 is 0 Å². The molecule has 0 aliphatic rings. The zero-order valence-corrected chi connectivity index (χ0v) is 10.9. The van der Waals surface area contributed by atoms with Crippen LogP contribution in [0.5, 0.6) is 0 Å². The highest BCUT2D eigenvalue weighted by Gasteiger charge is 2.13. The number of nitrogens with one attached hydrogen (secondary N) is 1. The highest BCUT2D eigenvalue weighted by atomic mass is 16.6. The van der Waals surface area contributed by atoms with E-state index < -0.39 is 0 Å². The Balaban J connectivity index is 2.15. The fraction of sp³-hybridized carbons (Fsp3) is 0.214. The molecule has 0 aliphatic heterocycles. The van der Waals surface area contributed by atoms with Crippen LogP contribution in [0.25, 0.3) is 0 Å². The van der Waals surface area contributed by atoms with Crippen molar-refractivity contribution in [2.75, 3.05) is 5.32 Å². The molecule has 0 aliphatic carbocycles. The Morgan fingerprint density at radius 2 is 2.05 bits per heavy atom. The predicted octanol–water partition coefficient (Wildman–Crippen LogP) is 3.22. The Morgan fingerprint density at radius 1 is 1.26 bits per heavy atom. The molecular weight excluding hydrogens is 242 g/mol. The molecule has 5 nitrogen and oxygen atoms in total. The number of rotatable bonds is 4. The minimum Gasteiger partial charge on any atom is -0.375 e. The van der Waals surface area contributed by atoms with Gasteiger partial charge in [-0.25, -0.2) is 0 Å². The van der Waals surface area contributed by atoms with Gasteiger partial charge in [0.2, 0.25) is 0 Å². The topological polar surface area (TPSA) is 68.1 Å². The minimum atomic E-state index is -0.372. The van der Waals surface area contributed by atoms with Gasteiger partial charge < -0.3 is 5.32 Å². The molecule has 1 aromatic heterocycles. The molecule has 2 rings (SSSR count). The van der Waals surface area contributed by atoms with Gasteiger partial charge in [0.05, 0.1) is 4.92 Å². The molecule has 2 aromatic rings. The van der Waals surface area contributed by atoms with Crippen LogP contribution in [0.3, 0.4) is 0 Å². The zero-order valence-electron chi connectivity index (χ0n) is 10.9. The number of hydrogen-bond donors (Lipinski definition) is 1. The van der Waals surface area contributed by atoms with Crippen molar-refractivity contribution in [3.8, 4) is 0 Å². The number of nitro benzene ring substituents is 1. The second-order valence-corrected chi connectivity index (χ2v) is 4.44. The monoisotopic (exact) mass is 257 g/mol. The molecule has 1 aromatic carbocycles. The van der Waals surface area contributed by atoms with Crippen LogP contribution in [0, 0.1) is 24.0 Å². The molecule has 0 amide bonds. The molecule has 0 spiro atoms. The Kier molecular flexibility index (Phi) is 3.75. The summed E-state index contributed by atoms with van der Waals surface area (Å²) in [5.41, 5.74) is 3.43. The van der Waals surface area contributed by atoms with Gasteiger partial charge in [0.25, 0.3) is 5.69 Å². The molecular formula is C14H15N3O2. The predicted molar refractivity (Wildman–Crippen MR) is 74.1 cm³/mol. The number of aryl methyl sites for hydroxylation is 2. The molecule has 1 N–H and O–H groups in total. The molecule has 98 valence electrons. The van der Waals surface area contributed by atoms with Crippen LogP contribution < -0.4 is 5.32 Å². The summed E-state index contributed by atoms with van der Waals surface area (Å²) < 4.78 is 0. The molecule has 19 heavy (non-hydrogen) atoms. The standard InChI is InChI=1S/C14H15N3O2/c1-10-3-6-13(14(7-10)17(18)19)16-9-12-5-4-11(2)15-8-12/h3-8,16H,9H2,1-2H3. The average Bonchev–Trinajstić information content (AvgIpc) is 2.39. The third-order valence-corrected chi connectivity index (χ3v) is 2.81. The van der Waals surface area contributed by atoms with Gasteiger partial charge in [-0.3, -0.25) is 15.1 Å². The molecule has 0 saturated carbocycles. The van der Waals surface area contributed by atoms with Crippen molar-refractivity contribution in [3.05, 3.63) is 63.5 Å². The highest BCUT2D eigenvalue weighted by Crippen LogP contribution is 2.25. The Labute approximate surface area is 111 Å². The van der Waals surface area contributed by atoms with Gasteiger partial charge in [0.1, 0.15) is 5.69 Å². The second kappa shape index (κ2) is 5.48. The van der Waals surface area contributed by atoms with Gasteiger partial charge in [-0.1, -0.05) is 12.1 Å². The second-order valence-electron chi connectivity index (χ2n) is 4.44. The normalized spacial score (nSPS) is 10.2. The Bertz CT molecular complexity index is 594. The summed E-state index contributed by atoms with van der Waals surface area (Å²) in [6.07, 6.45) is 1.77. The maximum atomic E-state index is 11.0. The lowest BCUT2D eigenvalue weighted by molar-refractivity contribution is -0.384.